The molecule has 7 heteroatoms. The normalized spacial score (nSPS) is 15.9. The van der Waals surface area contributed by atoms with E-state index in [9.17, 15) is 13.2 Å². The molecule has 1 aliphatic carbocycles. The number of nitrogens with one attached hydrogen (secondary N) is 1. The summed E-state index contributed by atoms with van der Waals surface area (Å²) in [4.78, 5) is 12.9. The molecule has 0 spiro atoms. The molecule has 1 N–H and O–H groups in total. The molecule has 1 aliphatic rings. The van der Waals surface area contributed by atoms with Gasteiger partial charge in [0, 0.05) is 5.02 Å². The Bertz CT molecular complexity index is 1010. The number of sulfonamides is 1. The van der Waals surface area contributed by atoms with E-state index < -0.39 is 16.1 Å². The first-order chi connectivity index (χ1) is 13.7. The van der Waals surface area contributed by atoms with Gasteiger partial charge in [-0.05, 0) is 74.4 Å². The zero-order valence-electron chi connectivity index (χ0n) is 17.0. The quantitative estimate of drug-likeness (QED) is 0.739. The molecule has 0 radical (unpaired) electrons. The fourth-order valence-corrected chi connectivity index (χ4v) is 5.21. The van der Waals surface area contributed by atoms with E-state index in [1.54, 1.807) is 31.2 Å². The number of halogens is 1. The number of hydrogen-bond acceptors (Lipinski definition) is 3. The van der Waals surface area contributed by atoms with E-state index in [-0.39, 0.29) is 11.9 Å². The molecule has 3 rings (SSSR count). The molecule has 2 aromatic rings. The number of amides is 1. The minimum atomic E-state index is -3.68. The van der Waals surface area contributed by atoms with Crippen LogP contribution in [0.1, 0.15) is 49.4 Å². The Morgan fingerprint density at radius 1 is 1.07 bits per heavy atom. The molecule has 156 valence electrons. The van der Waals surface area contributed by atoms with Crippen LogP contribution >= 0.6 is 11.6 Å². The molecular weight excluding hydrogens is 408 g/mol. The molecule has 0 saturated carbocycles. The van der Waals surface area contributed by atoms with E-state index in [2.05, 4.69) is 17.4 Å². The topological polar surface area (TPSA) is 66.5 Å². The number of anilines is 1. The molecule has 0 aromatic heterocycles. The third kappa shape index (κ3) is 5.11. The highest BCUT2D eigenvalue weighted by Gasteiger charge is 2.30. The van der Waals surface area contributed by atoms with Crippen LogP contribution in [-0.4, -0.2) is 26.6 Å². The molecule has 0 heterocycles. The van der Waals surface area contributed by atoms with Crippen molar-refractivity contribution in [2.75, 3.05) is 10.6 Å². The second-order valence-electron chi connectivity index (χ2n) is 7.68. The maximum Gasteiger partial charge on any atom is 0.244 e. The van der Waals surface area contributed by atoms with Gasteiger partial charge in [0.1, 0.15) is 6.04 Å². The van der Waals surface area contributed by atoms with Crippen molar-refractivity contribution in [3.63, 3.8) is 0 Å². The van der Waals surface area contributed by atoms with Gasteiger partial charge in [-0.1, -0.05) is 35.9 Å². The standard InChI is InChI=1S/C22H27ClN2O3S/c1-15(18-12-11-17-7-4-5-8-19(17)13-18)24-22(26)16(2)25(29(3,27)28)21-10-6-9-20(23)14-21/h6,9-16H,4-5,7-8H2,1-3H3,(H,24,26). The van der Waals surface area contributed by atoms with Crippen molar-refractivity contribution in [3.8, 4) is 0 Å². The van der Waals surface area contributed by atoms with E-state index >= 15 is 0 Å². The van der Waals surface area contributed by atoms with Crippen molar-refractivity contribution < 1.29 is 13.2 Å². The molecule has 2 unspecified atom stereocenters. The summed E-state index contributed by atoms with van der Waals surface area (Å²) in [7, 11) is -3.68. The average molecular weight is 435 g/mol. The number of fused-ring (bicyclic) bond motifs is 1. The van der Waals surface area contributed by atoms with Crippen LogP contribution in [0.3, 0.4) is 0 Å². The van der Waals surface area contributed by atoms with Gasteiger partial charge < -0.3 is 5.32 Å². The number of carbonyl (C=O) groups is 1. The summed E-state index contributed by atoms with van der Waals surface area (Å²) in [5, 5.41) is 3.37. The van der Waals surface area contributed by atoms with Gasteiger partial charge in [-0.25, -0.2) is 8.42 Å². The van der Waals surface area contributed by atoms with Crippen molar-refractivity contribution >= 4 is 33.2 Å². The smallest absolute Gasteiger partial charge is 0.244 e. The van der Waals surface area contributed by atoms with E-state index in [1.165, 1.54) is 24.0 Å². The summed E-state index contributed by atoms with van der Waals surface area (Å²) in [6.07, 6.45) is 5.68. The van der Waals surface area contributed by atoms with E-state index in [0.29, 0.717) is 10.7 Å². The van der Waals surface area contributed by atoms with Gasteiger partial charge in [-0.15, -0.1) is 0 Å². The zero-order valence-corrected chi connectivity index (χ0v) is 18.6. The van der Waals surface area contributed by atoms with E-state index in [1.807, 2.05) is 13.0 Å². The van der Waals surface area contributed by atoms with Gasteiger partial charge in [-0.3, -0.25) is 9.10 Å². The molecule has 5 nitrogen and oxygen atoms in total. The predicted molar refractivity (Wildman–Crippen MR) is 118 cm³/mol. The first-order valence-electron chi connectivity index (χ1n) is 9.84. The van der Waals surface area contributed by atoms with Gasteiger partial charge in [0.05, 0.1) is 18.0 Å². The third-order valence-corrected chi connectivity index (χ3v) is 6.86. The van der Waals surface area contributed by atoms with Crippen molar-refractivity contribution in [2.24, 2.45) is 0 Å². The number of aryl methyl sites for hydroxylation is 2. The maximum absolute atomic E-state index is 12.9. The van der Waals surface area contributed by atoms with Crippen LogP contribution in [0.4, 0.5) is 5.69 Å². The molecule has 29 heavy (non-hydrogen) atoms. The summed E-state index contributed by atoms with van der Waals surface area (Å²) in [5.74, 6) is -0.361. The Labute approximate surface area is 178 Å². The second-order valence-corrected chi connectivity index (χ2v) is 9.98. The Hall–Kier alpha value is -2.05. The van der Waals surface area contributed by atoms with E-state index in [4.69, 9.17) is 11.6 Å². The van der Waals surface area contributed by atoms with Crippen molar-refractivity contribution in [2.45, 2.75) is 51.6 Å². The number of carbonyl (C=O) groups excluding carboxylic acids is 1. The lowest BCUT2D eigenvalue weighted by Gasteiger charge is -2.29. The van der Waals surface area contributed by atoms with Crippen molar-refractivity contribution in [1.82, 2.24) is 5.32 Å². The molecule has 1 amide bonds. The maximum atomic E-state index is 12.9. The summed E-state index contributed by atoms with van der Waals surface area (Å²) in [5.41, 5.74) is 4.12. The fraction of sp³-hybridized carbons (Fsp3) is 0.409. The highest BCUT2D eigenvalue weighted by Crippen LogP contribution is 2.26. The minimum Gasteiger partial charge on any atom is -0.348 e. The van der Waals surface area contributed by atoms with Crippen LogP contribution in [0.5, 0.6) is 0 Å². The number of nitrogens with zero attached hydrogens (tertiary/aromatic N) is 1. The zero-order chi connectivity index (χ0) is 21.2. The lowest BCUT2D eigenvalue weighted by atomic mass is 9.89. The molecular formula is C22H27ClN2O3S. The van der Waals surface area contributed by atoms with Gasteiger partial charge in [0.2, 0.25) is 15.9 Å². The van der Waals surface area contributed by atoms with Crippen LogP contribution < -0.4 is 9.62 Å². The molecule has 2 aromatic carbocycles. The van der Waals surface area contributed by atoms with Gasteiger partial charge in [0.15, 0.2) is 0 Å². The summed E-state index contributed by atoms with van der Waals surface area (Å²) >= 11 is 6.02. The summed E-state index contributed by atoms with van der Waals surface area (Å²) in [6, 6.07) is 11.7. The van der Waals surface area contributed by atoms with Crippen LogP contribution in [-0.2, 0) is 27.7 Å². The van der Waals surface area contributed by atoms with Gasteiger partial charge >= 0.3 is 0 Å². The number of hydrogen-bond donors (Lipinski definition) is 1. The Morgan fingerprint density at radius 2 is 1.76 bits per heavy atom. The molecule has 0 saturated heterocycles. The highest BCUT2D eigenvalue weighted by atomic mass is 35.5. The predicted octanol–water partition coefficient (Wildman–Crippen LogP) is 4.25. The summed E-state index contributed by atoms with van der Waals surface area (Å²) in [6.45, 7) is 3.50. The highest BCUT2D eigenvalue weighted by molar-refractivity contribution is 7.92. The van der Waals surface area contributed by atoms with Crippen molar-refractivity contribution in [1.29, 1.82) is 0 Å². The Balaban J connectivity index is 1.79. The molecule has 0 aliphatic heterocycles. The molecule has 0 bridgehead atoms. The number of benzene rings is 2. The largest absolute Gasteiger partial charge is 0.348 e. The second kappa shape index (κ2) is 8.76. The average Bonchev–Trinajstić information content (AvgIpc) is 2.66. The Kier molecular flexibility index (Phi) is 6.54. The first kappa shape index (κ1) is 21.7. The van der Waals surface area contributed by atoms with Crippen LogP contribution in [0.25, 0.3) is 0 Å². The third-order valence-electron chi connectivity index (χ3n) is 5.38. The minimum absolute atomic E-state index is 0.224. The monoisotopic (exact) mass is 434 g/mol. The lowest BCUT2D eigenvalue weighted by Crippen LogP contribution is -2.48. The molecule has 2 atom stereocenters. The lowest BCUT2D eigenvalue weighted by molar-refractivity contribution is -0.122. The summed E-state index contributed by atoms with van der Waals surface area (Å²) < 4.78 is 25.9. The van der Waals surface area contributed by atoms with Crippen molar-refractivity contribution in [3.05, 3.63) is 64.2 Å². The van der Waals surface area contributed by atoms with Crippen LogP contribution in [0, 0.1) is 0 Å². The van der Waals surface area contributed by atoms with Gasteiger partial charge in [-0.2, -0.15) is 0 Å². The van der Waals surface area contributed by atoms with E-state index in [0.717, 1.165) is 29.0 Å². The first-order valence-corrected chi connectivity index (χ1v) is 12.1. The fourth-order valence-electron chi connectivity index (χ4n) is 3.86. The SMILES string of the molecule is CC(NC(=O)C(C)N(c1cccc(Cl)c1)S(C)(=O)=O)c1ccc2c(c1)CCCC2. The van der Waals surface area contributed by atoms with Crippen LogP contribution in [0.2, 0.25) is 5.02 Å². The molecule has 0 fully saturated rings. The van der Waals surface area contributed by atoms with Gasteiger partial charge in [0.25, 0.3) is 0 Å². The number of rotatable bonds is 6. The Morgan fingerprint density at radius 3 is 2.41 bits per heavy atom. The van der Waals surface area contributed by atoms with Crippen LogP contribution in [0.15, 0.2) is 42.5 Å².